The van der Waals surface area contributed by atoms with Gasteiger partial charge in [0.25, 0.3) is 0 Å². The molecule has 1 aromatic carbocycles. The van der Waals surface area contributed by atoms with Crippen LogP contribution >= 0.6 is 15.9 Å². The van der Waals surface area contributed by atoms with Crippen LogP contribution in [0.4, 0.5) is 10.1 Å². The Kier molecular flexibility index (Phi) is 2.31. The molecular formula is C6H6BrFN2O. The molecule has 0 aliphatic heterocycles. The highest BCUT2D eigenvalue weighted by Gasteiger charge is 2.06. The summed E-state index contributed by atoms with van der Waals surface area (Å²) in [6.07, 6.45) is 0. The van der Waals surface area contributed by atoms with E-state index in [4.69, 9.17) is 10.9 Å². The first-order valence-corrected chi connectivity index (χ1v) is 3.59. The predicted octanol–water partition coefficient (Wildman–Crippen LogP) is 1.58. The summed E-state index contributed by atoms with van der Waals surface area (Å²) in [4.78, 5) is 0. The molecule has 0 radical (unpaired) electrons. The van der Waals surface area contributed by atoms with E-state index in [1.54, 1.807) is 0 Å². The second-order valence-electron chi connectivity index (χ2n) is 1.93. The van der Waals surface area contributed by atoms with Gasteiger partial charge in [-0.25, -0.2) is 4.39 Å². The zero-order valence-corrected chi connectivity index (χ0v) is 7.02. The van der Waals surface area contributed by atoms with Crippen LogP contribution in [0.15, 0.2) is 16.6 Å². The number of rotatable bonds is 1. The molecule has 1 aromatic rings. The van der Waals surface area contributed by atoms with Gasteiger partial charge in [0.05, 0.1) is 5.69 Å². The van der Waals surface area contributed by atoms with Crippen LogP contribution in [0.5, 0.6) is 5.75 Å². The molecule has 0 saturated carbocycles. The number of hydrogen-bond donors (Lipinski definition) is 3. The molecule has 0 saturated heterocycles. The van der Waals surface area contributed by atoms with Crippen LogP contribution in [0.3, 0.4) is 0 Å². The minimum atomic E-state index is -0.715. The Morgan fingerprint density at radius 1 is 1.55 bits per heavy atom. The lowest BCUT2D eigenvalue weighted by molar-refractivity contribution is 0.434. The maximum absolute atomic E-state index is 12.7. The fourth-order valence-electron chi connectivity index (χ4n) is 0.676. The number of aromatic hydroxyl groups is 1. The zero-order valence-electron chi connectivity index (χ0n) is 5.44. The number of nitrogens with two attached hydrogens (primary N) is 1. The molecule has 0 amide bonds. The van der Waals surface area contributed by atoms with Crippen molar-refractivity contribution in [3.05, 3.63) is 22.4 Å². The number of benzene rings is 1. The van der Waals surface area contributed by atoms with Crippen molar-refractivity contribution >= 4 is 21.6 Å². The maximum Gasteiger partial charge on any atom is 0.176 e. The van der Waals surface area contributed by atoms with Crippen LogP contribution in [-0.4, -0.2) is 5.11 Å². The lowest BCUT2D eigenvalue weighted by atomic mass is 10.3. The zero-order chi connectivity index (χ0) is 8.43. The van der Waals surface area contributed by atoms with Crippen LogP contribution in [-0.2, 0) is 0 Å². The molecule has 0 spiro atoms. The van der Waals surface area contributed by atoms with E-state index in [1.165, 1.54) is 6.07 Å². The summed E-state index contributed by atoms with van der Waals surface area (Å²) in [5.74, 6) is 3.80. The van der Waals surface area contributed by atoms with E-state index >= 15 is 0 Å². The van der Waals surface area contributed by atoms with Gasteiger partial charge in [0.2, 0.25) is 0 Å². The summed E-state index contributed by atoms with van der Waals surface area (Å²) in [5.41, 5.74) is 2.31. The highest BCUT2D eigenvalue weighted by molar-refractivity contribution is 9.10. The van der Waals surface area contributed by atoms with Gasteiger partial charge < -0.3 is 10.5 Å². The molecule has 0 bridgehead atoms. The van der Waals surface area contributed by atoms with Crippen LogP contribution in [0.2, 0.25) is 0 Å². The summed E-state index contributed by atoms with van der Waals surface area (Å²) in [7, 11) is 0. The first-order valence-electron chi connectivity index (χ1n) is 2.79. The van der Waals surface area contributed by atoms with Gasteiger partial charge in [-0.15, -0.1) is 0 Å². The molecule has 1 rings (SSSR count). The molecule has 11 heavy (non-hydrogen) atoms. The Bertz CT molecular complexity index is 280. The average molecular weight is 221 g/mol. The number of phenolic OH excluding ortho intramolecular Hbond substituents is 1. The Morgan fingerprint density at radius 3 is 2.73 bits per heavy atom. The Morgan fingerprint density at radius 2 is 2.18 bits per heavy atom. The summed E-state index contributed by atoms with van der Waals surface area (Å²) in [5, 5.41) is 8.98. The lowest BCUT2D eigenvalue weighted by Crippen LogP contribution is -2.07. The minimum absolute atomic E-state index is 0.150. The van der Waals surface area contributed by atoms with E-state index in [9.17, 15) is 4.39 Å². The number of hydrogen-bond acceptors (Lipinski definition) is 3. The number of nitrogens with one attached hydrogen (secondary N) is 1. The van der Waals surface area contributed by atoms with Gasteiger partial charge >= 0.3 is 0 Å². The Balaban J connectivity index is 3.24. The Hall–Kier alpha value is -0.810. The highest BCUT2D eigenvalue weighted by Crippen LogP contribution is 2.29. The number of phenols is 1. The third kappa shape index (κ3) is 1.61. The molecule has 0 fully saturated rings. The number of hydrazine groups is 1. The molecule has 0 heterocycles. The van der Waals surface area contributed by atoms with E-state index in [1.807, 2.05) is 0 Å². The van der Waals surface area contributed by atoms with E-state index < -0.39 is 11.6 Å². The lowest BCUT2D eigenvalue weighted by Gasteiger charge is -2.03. The molecule has 3 nitrogen and oxygen atoms in total. The second kappa shape index (κ2) is 3.06. The summed E-state index contributed by atoms with van der Waals surface area (Å²) in [6, 6.07) is 2.62. The van der Waals surface area contributed by atoms with Crippen molar-refractivity contribution < 1.29 is 9.50 Å². The molecule has 0 aliphatic carbocycles. The van der Waals surface area contributed by atoms with Crippen LogP contribution < -0.4 is 11.3 Å². The number of nitrogen functional groups attached to an aromatic ring is 1. The monoisotopic (exact) mass is 220 g/mol. The first kappa shape index (κ1) is 8.29. The van der Waals surface area contributed by atoms with Crippen molar-refractivity contribution in [2.24, 2.45) is 5.84 Å². The van der Waals surface area contributed by atoms with Crippen molar-refractivity contribution in [3.63, 3.8) is 0 Å². The smallest absolute Gasteiger partial charge is 0.176 e. The third-order valence-electron chi connectivity index (χ3n) is 1.18. The van der Waals surface area contributed by atoms with E-state index in [0.29, 0.717) is 4.47 Å². The van der Waals surface area contributed by atoms with Gasteiger partial charge in [-0.1, -0.05) is 15.9 Å². The molecule has 5 heteroatoms. The van der Waals surface area contributed by atoms with Crippen molar-refractivity contribution in [3.8, 4) is 5.75 Å². The number of anilines is 1. The highest BCUT2D eigenvalue weighted by atomic mass is 79.9. The molecule has 0 aliphatic rings. The van der Waals surface area contributed by atoms with Crippen molar-refractivity contribution in [1.82, 2.24) is 0 Å². The second-order valence-corrected chi connectivity index (χ2v) is 2.84. The standard InChI is InChI=1S/C6H6BrFN2O/c7-3-1-4(8)6(11)5(2-3)10-9/h1-2,10-11H,9H2. The van der Waals surface area contributed by atoms with Gasteiger partial charge in [0.1, 0.15) is 0 Å². The molecule has 0 unspecified atom stereocenters. The topological polar surface area (TPSA) is 58.3 Å². The normalized spacial score (nSPS) is 9.73. The molecular weight excluding hydrogens is 215 g/mol. The van der Waals surface area contributed by atoms with Crippen LogP contribution in [0.1, 0.15) is 0 Å². The largest absolute Gasteiger partial charge is 0.503 e. The predicted molar refractivity (Wildman–Crippen MR) is 43.6 cm³/mol. The molecule has 60 valence electrons. The average Bonchev–Trinajstić information content (AvgIpc) is 1.96. The first-order chi connectivity index (χ1) is 5.15. The van der Waals surface area contributed by atoms with Gasteiger partial charge in [-0.2, -0.15) is 0 Å². The fraction of sp³-hybridized carbons (Fsp3) is 0. The SMILES string of the molecule is NNc1cc(Br)cc(F)c1O. The summed E-state index contributed by atoms with van der Waals surface area (Å²) < 4.78 is 13.2. The molecule has 4 N–H and O–H groups in total. The van der Waals surface area contributed by atoms with Crippen LogP contribution in [0, 0.1) is 5.82 Å². The van der Waals surface area contributed by atoms with E-state index in [-0.39, 0.29) is 5.69 Å². The maximum atomic E-state index is 12.7. The number of halogens is 2. The van der Waals surface area contributed by atoms with Gasteiger partial charge in [0.15, 0.2) is 11.6 Å². The summed E-state index contributed by atoms with van der Waals surface area (Å²) in [6.45, 7) is 0. The minimum Gasteiger partial charge on any atom is -0.503 e. The Labute approximate surface area is 71.1 Å². The van der Waals surface area contributed by atoms with Crippen molar-refractivity contribution in [2.75, 3.05) is 5.43 Å². The van der Waals surface area contributed by atoms with E-state index in [0.717, 1.165) is 6.07 Å². The van der Waals surface area contributed by atoms with Gasteiger partial charge in [-0.3, -0.25) is 5.84 Å². The van der Waals surface area contributed by atoms with Gasteiger partial charge in [-0.05, 0) is 12.1 Å². The molecule has 0 atom stereocenters. The van der Waals surface area contributed by atoms with Crippen molar-refractivity contribution in [2.45, 2.75) is 0 Å². The quantitative estimate of drug-likeness (QED) is 0.383. The van der Waals surface area contributed by atoms with Gasteiger partial charge in [0, 0.05) is 4.47 Å². The van der Waals surface area contributed by atoms with Crippen molar-refractivity contribution in [1.29, 1.82) is 0 Å². The fourth-order valence-corrected chi connectivity index (χ4v) is 1.11. The van der Waals surface area contributed by atoms with Crippen LogP contribution in [0.25, 0.3) is 0 Å². The molecule has 0 aromatic heterocycles. The van der Waals surface area contributed by atoms with E-state index in [2.05, 4.69) is 21.4 Å². The summed E-state index contributed by atoms with van der Waals surface area (Å²) >= 11 is 3.04. The third-order valence-corrected chi connectivity index (χ3v) is 1.64.